The van der Waals surface area contributed by atoms with Gasteiger partial charge in [0.05, 0.1) is 31.0 Å². The summed E-state index contributed by atoms with van der Waals surface area (Å²) in [6, 6.07) is 17.5. The van der Waals surface area contributed by atoms with Gasteiger partial charge in [-0.1, -0.05) is 48.5 Å². The van der Waals surface area contributed by atoms with Crippen molar-refractivity contribution < 1.29 is 14.3 Å². The Morgan fingerprint density at radius 3 is 2.46 bits per heavy atom. The Balaban J connectivity index is 1.65. The lowest BCUT2D eigenvalue weighted by atomic mass is 10.0. The lowest BCUT2D eigenvalue weighted by Crippen LogP contribution is -2.46. The summed E-state index contributed by atoms with van der Waals surface area (Å²) in [5, 5.41) is 0.858. The molecule has 3 aromatic rings. The number of aromatic amines is 1. The van der Waals surface area contributed by atoms with E-state index in [0.29, 0.717) is 31.9 Å². The SMILES string of the molecule is CN(CC(=O)N1CCOCC1)C(=O)c1c(-c2ccccc2)[nH]c2ccccc12. The molecule has 2 aromatic carbocycles. The van der Waals surface area contributed by atoms with Crippen LogP contribution in [-0.4, -0.2) is 66.5 Å². The second-order valence-corrected chi connectivity index (χ2v) is 6.94. The maximum absolute atomic E-state index is 13.3. The topological polar surface area (TPSA) is 65.6 Å². The van der Waals surface area contributed by atoms with Gasteiger partial charge in [-0.05, 0) is 11.6 Å². The van der Waals surface area contributed by atoms with Crippen LogP contribution in [0.5, 0.6) is 0 Å². The first kappa shape index (κ1) is 18.3. The van der Waals surface area contributed by atoms with Gasteiger partial charge in [0.1, 0.15) is 0 Å². The molecule has 0 radical (unpaired) electrons. The number of aromatic nitrogens is 1. The molecule has 1 fully saturated rings. The van der Waals surface area contributed by atoms with Crippen LogP contribution in [0.1, 0.15) is 10.4 Å². The van der Waals surface area contributed by atoms with E-state index in [0.717, 1.165) is 22.2 Å². The predicted molar refractivity (Wildman–Crippen MR) is 108 cm³/mol. The largest absolute Gasteiger partial charge is 0.378 e. The second kappa shape index (κ2) is 7.86. The Labute approximate surface area is 163 Å². The van der Waals surface area contributed by atoms with E-state index in [4.69, 9.17) is 4.74 Å². The summed E-state index contributed by atoms with van der Waals surface area (Å²) in [4.78, 5) is 32.5. The van der Waals surface area contributed by atoms with Gasteiger partial charge in [0.25, 0.3) is 5.91 Å². The Morgan fingerprint density at radius 1 is 1.04 bits per heavy atom. The van der Waals surface area contributed by atoms with Crippen molar-refractivity contribution in [1.82, 2.24) is 14.8 Å². The monoisotopic (exact) mass is 377 g/mol. The van der Waals surface area contributed by atoms with E-state index in [2.05, 4.69) is 4.98 Å². The highest BCUT2D eigenvalue weighted by molar-refractivity contribution is 6.12. The number of nitrogens with zero attached hydrogens (tertiary/aromatic N) is 2. The number of rotatable bonds is 4. The van der Waals surface area contributed by atoms with Crippen molar-refractivity contribution in [3.63, 3.8) is 0 Å². The Bertz CT molecular complexity index is 991. The Hall–Kier alpha value is -3.12. The number of carbonyl (C=O) groups excluding carboxylic acids is 2. The average Bonchev–Trinajstić information content (AvgIpc) is 3.14. The van der Waals surface area contributed by atoms with Crippen molar-refractivity contribution in [1.29, 1.82) is 0 Å². The summed E-state index contributed by atoms with van der Waals surface area (Å²) in [5.41, 5.74) is 3.21. The molecule has 0 unspecified atom stereocenters. The number of para-hydroxylation sites is 1. The molecule has 1 aliphatic heterocycles. The number of likely N-dealkylation sites (N-methyl/N-ethyl adjacent to an activating group) is 1. The molecule has 6 heteroatoms. The van der Waals surface area contributed by atoms with Crippen molar-refractivity contribution in [2.24, 2.45) is 0 Å². The van der Waals surface area contributed by atoms with Crippen molar-refractivity contribution in [2.75, 3.05) is 39.9 Å². The highest BCUT2D eigenvalue weighted by Crippen LogP contribution is 2.31. The first-order valence-electron chi connectivity index (χ1n) is 9.42. The van der Waals surface area contributed by atoms with E-state index in [9.17, 15) is 9.59 Å². The van der Waals surface area contributed by atoms with Gasteiger partial charge in [-0.3, -0.25) is 9.59 Å². The number of carbonyl (C=O) groups is 2. The molecular formula is C22H23N3O3. The molecule has 0 saturated carbocycles. The van der Waals surface area contributed by atoms with Crippen LogP contribution in [0.25, 0.3) is 22.2 Å². The number of hydrogen-bond donors (Lipinski definition) is 1. The first-order valence-corrected chi connectivity index (χ1v) is 9.42. The molecule has 0 spiro atoms. The highest BCUT2D eigenvalue weighted by Gasteiger charge is 2.25. The summed E-state index contributed by atoms with van der Waals surface area (Å²) in [6.07, 6.45) is 0. The normalized spacial score (nSPS) is 14.2. The van der Waals surface area contributed by atoms with Crippen LogP contribution in [0.3, 0.4) is 0 Å². The zero-order chi connectivity index (χ0) is 19.5. The van der Waals surface area contributed by atoms with Crippen LogP contribution in [0.15, 0.2) is 54.6 Å². The maximum atomic E-state index is 13.3. The zero-order valence-electron chi connectivity index (χ0n) is 15.9. The number of hydrogen-bond acceptors (Lipinski definition) is 3. The van der Waals surface area contributed by atoms with Crippen molar-refractivity contribution in [3.05, 3.63) is 60.2 Å². The number of amides is 2. The molecule has 28 heavy (non-hydrogen) atoms. The van der Waals surface area contributed by atoms with E-state index in [-0.39, 0.29) is 18.4 Å². The van der Waals surface area contributed by atoms with Gasteiger partial charge in [-0.25, -0.2) is 0 Å². The van der Waals surface area contributed by atoms with E-state index in [1.807, 2.05) is 54.6 Å². The van der Waals surface area contributed by atoms with Gasteiger partial charge in [0.2, 0.25) is 5.91 Å². The first-order chi connectivity index (χ1) is 13.6. The van der Waals surface area contributed by atoms with E-state index >= 15 is 0 Å². The van der Waals surface area contributed by atoms with Gasteiger partial charge < -0.3 is 19.5 Å². The van der Waals surface area contributed by atoms with E-state index in [1.54, 1.807) is 11.9 Å². The maximum Gasteiger partial charge on any atom is 0.256 e. The minimum Gasteiger partial charge on any atom is -0.378 e. The van der Waals surface area contributed by atoms with Crippen LogP contribution in [0.2, 0.25) is 0 Å². The molecule has 1 saturated heterocycles. The molecule has 2 heterocycles. The fraction of sp³-hybridized carbons (Fsp3) is 0.273. The number of benzene rings is 2. The minimum atomic E-state index is -0.169. The molecule has 0 aliphatic carbocycles. The molecule has 144 valence electrons. The lowest BCUT2D eigenvalue weighted by Gasteiger charge is -2.28. The highest BCUT2D eigenvalue weighted by atomic mass is 16.5. The van der Waals surface area contributed by atoms with Crippen LogP contribution in [0, 0.1) is 0 Å². The van der Waals surface area contributed by atoms with Crippen LogP contribution in [0.4, 0.5) is 0 Å². The van der Waals surface area contributed by atoms with Crippen LogP contribution in [-0.2, 0) is 9.53 Å². The third-order valence-electron chi connectivity index (χ3n) is 5.07. The fourth-order valence-corrected chi connectivity index (χ4v) is 3.56. The number of fused-ring (bicyclic) bond motifs is 1. The summed E-state index contributed by atoms with van der Waals surface area (Å²) >= 11 is 0. The van der Waals surface area contributed by atoms with Gasteiger partial charge in [-0.15, -0.1) is 0 Å². The molecule has 4 rings (SSSR count). The average molecular weight is 377 g/mol. The van der Waals surface area contributed by atoms with E-state index < -0.39 is 0 Å². The van der Waals surface area contributed by atoms with Crippen molar-refractivity contribution in [3.8, 4) is 11.3 Å². The lowest BCUT2D eigenvalue weighted by molar-refractivity contribution is -0.135. The zero-order valence-corrected chi connectivity index (χ0v) is 15.9. The Morgan fingerprint density at radius 2 is 1.71 bits per heavy atom. The smallest absolute Gasteiger partial charge is 0.256 e. The minimum absolute atomic E-state index is 0.0482. The Kier molecular flexibility index (Phi) is 5.12. The third-order valence-corrected chi connectivity index (χ3v) is 5.07. The van der Waals surface area contributed by atoms with Crippen LogP contribution >= 0.6 is 0 Å². The fourth-order valence-electron chi connectivity index (χ4n) is 3.56. The molecular weight excluding hydrogens is 354 g/mol. The number of morpholine rings is 1. The van der Waals surface area contributed by atoms with Gasteiger partial charge >= 0.3 is 0 Å². The quantitative estimate of drug-likeness (QED) is 0.760. The summed E-state index contributed by atoms with van der Waals surface area (Å²) in [5.74, 6) is -0.224. The molecule has 2 amide bonds. The third kappa shape index (κ3) is 3.51. The number of H-pyrrole nitrogens is 1. The summed E-state index contributed by atoms with van der Waals surface area (Å²) in [6.45, 7) is 2.28. The molecule has 1 aliphatic rings. The molecule has 1 N–H and O–H groups in total. The van der Waals surface area contributed by atoms with Gasteiger partial charge in [-0.2, -0.15) is 0 Å². The van der Waals surface area contributed by atoms with E-state index in [1.165, 1.54) is 4.90 Å². The number of ether oxygens (including phenoxy) is 1. The molecule has 0 bridgehead atoms. The predicted octanol–water partition coefficient (Wildman–Crippen LogP) is 2.77. The van der Waals surface area contributed by atoms with Gasteiger partial charge in [0.15, 0.2) is 0 Å². The van der Waals surface area contributed by atoms with Crippen molar-refractivity contribution >= 4 is 22.7 Å². The second-order valence-electron chi connectivity index (χ2n) is 6.94. The van der Waals surface area contributed by atoms with Crippen LogP contribution < -0.4 is 0 Å². The molecule has 0 atom stereocenters. The summed E-state index contributed by atoms with van der Waals surface area (Å²) < 4.78 is 5.30. The standard InChI is InChI=1S/C22H23N3O3/c1-24(15-19(26)25-11-13-28-14-12-25)22(27)20-17-9-5-6-10-18(17)23-21(20)16-7-3-2-4-8-16/h2-10,23H,11-15H2,1H3. The number of nitrogens with one attached hydrogen (secondary N) is 1. The van der Waals surface area contributed by atoms with Crippen molar-refractivity contribution in [2.45, 2.75) is 0 Å². The molecule has 6 nitrogen and oxygen atoms in total. The summed E-state index contributed by atoms with van der Waals surface area (Å²) in [7, 11) is 1.68. The van der Waals surface area contributed by atoms with Gasteiger partial charge in [0, 0.05) is 31.0 Å². The molecule has 1 aromatic heterocycles.